The highest BCUT2D eigenvalue weighted by atomic mass is 79.9. The highest BCUT2D eigenvalue weighted by Gasteiger charge is 2.38. The molecule has 1 heterocycles. The van der Waals surface area contributed by atoms with Gasteiger partial charge in [0.05, 0.1) is 0 Å². The fourth-order valence-electron chi connectivity index (χ4n) is 2.30. The van der Waals surface area contributed by atoms with Crippen LogP contribution in [-0.2, 0) is 4.79 Å². The summed E-state index contributed by atoms with van der Waals surface area (Å²) in [6.45, 7) is 3.24. The van der Waals surface area contributed by atoms with Crippen molar-refractivity contribution >= 4 is 27.6 Å². The molecule has 0 aliphatic carbocycles. The summed E-state index contributed by atoms with van der Waals surface area (Å²) in [7, 11) is 0. The second-order valence-corrected chi connectivity index (χ2v) is 5.77. The van der Waals surface area contributed by atoms with Gasteiger partial charge < -0.3 is 15.7 Å². The number of hydrogen-bond donors (Lipinski definition) is 2. The first kappa shape index (κ1) is 13.4. The smallest absolute Gasteiger partial charge is 0.325 e. The van der Waals surface area contributed by atoms with Crippen molar-refractivity contribution in [3.05, 3.63) is 28.2 Å². The van der Waals surface area contributed by atoms with Crippen LogP contribution < -0.4 is 10.6 Å². The first-order valence-electron chi connectivity index (χ1n) is 5.96. The molecule has 1 aliphatic heterocycles. The molecule has 0 spiro atoms. The summed E-state index contributed by atoms with van der Waals surface area (Å²) in [5.41, 5.74) is 6.99. The van der Waals surface area contributed by atoms with E-state index in [0.717, 1.165) is 28.7 Å². The third-order valence-corrected chi connectivity index (χ3v) is 4.35. The number of halogens is 1. The number of carbonyl (C=O) groups is 1. The molecule has 1 saturated heterocycles. The zero-order valence-electron chi connectivity index (χ0n) is 10.3. The second-order valence-electron chi connectivity index (χ2n) is 4.92. The van der Waals surface area contributed by atoms with E-state index in [4.69, 9.17) is 5.73 Å². The van der Waals surface area contributed by atoms with Gasteiger partial charge in [0, 0.05) is 23.2 Å². The van der Waals surface area contributed by atoms with Crippen LogP contribution in [0.3, 0.4) is 0 Å². The van der Waals surface area contributed by atoms with Crippen molar-refractivity contribution in [1.82, 2.24) is 0 Å². The first-order chi connectivity index (χ1) is 8.42. The number of benzene rings is 1. The summed E-state index contributed by atoms with van der Waals surface area (Å²) >= 11 is 3.46. The number of rotatable bonds is 2. The predicted molar refractivity (Wildman–Crippen MR) is 74.9 cm³/mol. The van der Waals surface area contributed by atoms with Crippen molar-refractivity contribution in [1.29, 1.82) is 0 Å². The zero-order chi connectivity index (χ0) is 13.3. The van der Waals surface area contributed by atoms with Crippen molar-refractivity contribution in [2.45, 2.75) is 25.3 Å². The Morgan fingerprint density at radius 1 is 1.56 bits per heavy atom. The fourth-order valence-corrected chi connectivity index (χ4v) is 2.55. The third-order valence-electron chi connectivity index (χ3n) is 3.46. The number of carboxylic acid groups (broad SMARTS) is 1. The lowest BCUT2D eigenvalue weighted by Crippen LogP contribution is -2.59. The number of aliphatic carboxylic acids is 1. The van der Waals surface area contributed by atoms with E-state index < -0.39 is 11.5 Å². The standard InChI is InChI=1S/C13H17BrN2O2/c1-9-7-10(3-4-11(9)14)16-6-2-5-13(15,8-16)12(17)18/h3-4,7H,2,5-6,8,15H2,1H3,(H,17,18). The molecule has 0 amide bonds. The Balaban J connectivity index is 2.23. The zero-order valence-corrected chi connectivity index (χ0v) is 11.9. The third kappa shape index (κ3) is 2.52. The molecule has 1 fully saturated rings. The number of anilines is 1. The second kappa shape index (κ2) is 4.90. The van der Waals surface area contributed by atoms with Crippen LogP contribution >= 0.6 is 15.9 Å². The summed E-state index contributed by atoms with van der Waals surface area (Å²) in [4.78, 5) is 13.3. The Bertz CT molecular complexity index is 478. The highest BCUT2D eigenvalue weighted by molar-refractivity contribution is 9.10. The molecule has 98 valence electrons. The topological polar surface area (TPSA) is 66.6 Å². The molecule has 2 rings (SSSR count). The van der Waals surface area contributed by atoms with Gasteiger partial charge in [-0.2, -0.15) is 0 Å². The molecule has 0 aromatic heterocycles. The Morgan fingerprint density at radius 2 is 2.28 bits per heavy atom. The van der Waals surface area contributed by atoms with Gasteiger partial charge in [0.1, 0.15) is 5.54 Å². The molecule has 1 aromatic carbocycles. The average Bonchev–Trinajstić information content (AvgIpc) is 2.32. The van der Waals surface area contributed by atoms with Crippen LogP contribution in [0.15, 0.2) is 22.7 Å². The molecule has 0 radical (unpaired) electrons. The average molecular weight is 313 g/mol. The minimum atomic E-state index is -1.13. The van der Waals surface area contributed by atoms with Gasteiger partial charge >= 0.3 is 5.97 Å². The molecular weight excluding hydrogens is 296 g/mol. The van der Waals surface area contributed by atoms with Gasteiger partial charge in [-0.1, -0.05) is 15.9 Å². The summed E-state index contributed by atoms with van der Waals surface area (Å²) < 4.78 is 1.06. The summed E-state index contributed by atoms with van der Waals surface area (Å²) in [6, 6.07) is 6.03. The van der Waals surface area contributed by atoms with Crippen molar-refractivity contribution in [3.63, 3.8) is 0 Å². The van der Waals surface area contributed by atoms with E-state index in [2.05, 4.69) is 26.9 Å². The molecular formula is C13H17BrN2O2. The molecule has 4 nitrogen and oxygen atoms in total. The number of nitrogens with zero attached hydrogens (tertiary/aromatic N) is 1. The maximum absolute atomic E-state index is 11.2. The number of aryl methyl sites for hydroxylation is 1. The Hall–Kier alpha value is -1.07. The fraction of sp³-hybridized carbons (Fsp3) is 0.462. The van der Waals surface area contributed by atoms with Crippen molar-refractivity contribution in [2.75, 3.05) is 18.0 Å². The number of carboxylic acids is 1. The lowest BCUT2D eigenvalue weighted by Gasteiger charge is -2.38. The van der Waals surface area contributed by atoms with E-state index in [0.29, 0.717) is 13.0 Å². The first-order valence-corrected chi connectivity index (χ1v) is 6.75. The summed E-state index contributed by atoms with van der Waals surface area (Å²) in [5.74, 6) is -0.916. The number of nitrogens with two attached hydrogens (primary N) is 1. The molecule has 1 unspecified atom stereocenters. The van der Waals surface area contributed by atoms with E-state index in [9.17, 15) is 9.90 Å². The molecule has 1 atom stereocenters. The van der Waals surface area contributed by atoms with Crippen molar-refractivity contribution in [2.24, 2.45) is 5.73 Å². The van der Waals surface area contributed by atoms with Gasteiger partial charge in [0.15, 0.2) is 0 Å². The molecule has 0 bridgehead atoms. The molecule has 5 heteroatoms. The maximum atomic E-state index is 11.2. The van der Waals surface area contributed by atoms with Gasteiger partial charge in [-0.3, -0.25) is 4.79 Å². The van der Waals surface area contributed by atoms with Gasteiger partial charge in [-0.15, -0.1) is 0 Å². The molecule has 0 saturated carbocycles. The summed E-state index contributed by atoms with van der Waals surface area (Å²) in [5, 5.41) is 9.20. The minimum absolute atomic E-state index is 0.364. The lowest BCUT2D eigenvalue weighted by molar-refractivity contribution is -0.143. The molecule has 18 heavy (non-hydrogen) atoms. The van der Waals surface area contributed by atoms with Crippen LogP contribution in [0.5, 0.6) is 0 Å². The van der Waals surface area contributed by atoms with Crippen molar-refractivity contribution in [3.8, 4) is 0 Å². The van der Waals surface area contributed by atoms with E-state index in [1.807, 2.05) is 19.1 Å². The number of hydrogen-bond acceptors (Lipinski definition) is 3. The minimum Gasteiger partial charge on any atom is -0.480 e. The van der Waals surface area contributed by atoms with Crippen LogP contribution in [0.25, 0.3) is 0 Å². The Labute approximate surface area is 115 Å². The Morgan fingerprint density at radius 3 is 2.89 bits per heavy atom. The SMILES string of the molecule is Cc1cc(N2CCCC(N)(C(=O)O)C2)ccc1Br. The summed E-state index contributed by atoms with van der Waals surface area (Å²) in [6.07, 6.45) is 1.34. The van der Waals surface area contributed by atoms with E-state index in [1.165, 1.54) is 0 Å². The predicted octanol–water partition coefficient (Wildman–Crippen LogP) is 2.14. The van der Waals surface area contributed by atoms with E-state index >= 15 is 0 Å². The molecule has 1 aromatic rings. The molecule has 1 aliphatic rings. The van der Waals surface area contributed by atoms with Gasteiger partial charge in [-0.05, 0) is 43.5 Å². The van der Waals surface area contributed by atoms with Gasteiger partial charge in [0.2, 0.25) is 0 Å². The van der Waals surface area contributed by atoms with Crippen molar-refractivity contribution < 1.29 is 9.90 Å². The van der Waals surface area contributed by atoms with Gasteiger partial charge in [-0.25, -0.2) is 0 Å². The largest absolute Gasteiger partial charge is 0.480 e. The highest BCUT2D eigenvalue weighted by Crippen LogP contribution is 2.28. The maximum Gasteiger partial charge on any atom is 0.325 e. The van der Waals surface area contributed by atoms with E-state index in [-0.39, 0.29) is 0 Å². The van der Waals surface area contributed by atoms with Crippen LogP contribution in [0, 0.1) is 6.92 Å². The van der Waals surface area contributed by atoms with Crippen LogP contribution in [-0.4, -0.2) is 29.7 Å². The van der Waals surface area contributed by atoms with Gasteiger partial charge in [0.25, 0.3) is 0 Å². The van der Waals surface area contributed by atoms with E-state index in [1.54, 1.807) is 0 Å². The molecule has 3 N–H and O–H groups in total. The monoisotopic (exact) mass is 312 g/mol. The lowest BCUT2D eigenvalue weighted by atomic mass is 9.90. The van der Waals surface area contributed by atoms with Crippen LogP contribution in [0.1, 0.15) is 18.4 Å². The number of piperidine rings is 1. The van der Waals surface area contributed by atoms with Crippen LogP contribution in [0.2, 0.25) is 0 Å². The van der Waals surface area contributed by atoms with Crippen LogP contribution in [0.4, 0.5) is 5.69 Å². The normalized spacial score (nSPS) is 24.1. The quantitative estimate of drug-likeness (QED) is 0.878. The Kier molecular flexibility index (Phi) is 3.64.